The van der Waals surface area contributed by atoms with Crippen molar-refractivity contribution in [2.45, 2.75) is 50.9 Å². The lowest BCUT2D eigenvalue weighted by molar-refractivity contribution is -0.101. The molecular weight excluding hydrogens is 394 g/mol. The summed E-state index contributed by atoms with van der Waals surface area (Å²) in [6.07, 6.45) is 1.84. The maximum atomic E-state index is 13.1. The number of benzene rings is 2. The number of rotatable bonds is 6. The first-order valence-electron chi connectivity index (χ1n) is 10.4. The summed E-state index contributed by atoms with van der Waals surface area (Å²) in [5.41, 5.74) is 0.907. The number of hydrogen-bond donors (Lipinski definition) is 1. The molecule has 1 aliphatic rings. The summed E-state index contributed by atoms with van der Waals surface area (Å²) in [5, 5.41) is 14.4. The predicted molar refractivity (Wildman–Crippen MR) is 115 cm³/mol. The molecule has 1 fully saturated rings. The van der Waals surface area contributed by atoms with Gasteiger partial charge in [-0.3, -0.25) is 0 Å². The molecule has 4 rings (SSSR count). The summed E-state index contributed by atoms with van der Waals surface area (Å²) in [6.45, 7) is 5.99. The number of aliphatic hydroxyl groups is 1. The molecule has 162 valence electrons. The molecule has 0 radical (unpaired) electrons. The van der Waals surface area contributed by atoms with Crippen LogP contribution in [0, 0.1) is 0 Å². The van der Waals surface area contributed by atoms with Crippen LogP contribution in [0.15, 0.2) is 65.5 Å². The van der Waals surface area contributed by atoms with Gasteiger partial charge in [-0.1, -0.05) is 59.8 Å². The first-order chi connectivity index (χ1) is 14.8. The molecule has 2 aromatic carbocycles. The Bertz CT molecular complexity index is 1010. The van der Waals surface area contributed by atoms with E-state index in [1.807, 2.05) is 61.5 Å². The van der Waals surface area contributed by atoms with Crippen LogP contribution in [0.25, 0.3) is 11.4 Å². The fourth-order valence-electron chi connectivity index (χ4n) is 4.28. The molecule has 31 heavy (non-hydrogen) atoms. The normalized spacial score (nSPS) is 20.4. The van der Waals surface area contributed by atoms with Gasteiger partial charge in [0.15, 0.2) is 0 Å². The van der Waals surface area contributed by atoms with Gasteiger partial charge in [-0.2, -0.15) is 4.98 Å². The second kappa shape index (κ2) is 8.15. The standard InChI is InChI=1S/C24H27N3O4/c1-17(18-9-11-19(12-10-18)21-25-16-30-26-21)27-14-13-24(31-22(27)28,15-23(2,3)29)20-7-5-4-6-8-20/h4-12,16-17,29H,13-15H2,1-3H3/t17-,24?/m0/s1. The lowest BCUT2D eigenvalue weighted by Gasteiger charge is -2.45. The van der Waals surface area contributed by atoms with Crippen LogP contribution in [0.4, 0.5) is 4.79 Å². The number of carbonyl (C=O) groups is 1. The van der Waals surface area contributed by atoms with Gasteiger partial charge in [0.1, 0.15) is 5.60 Å². The Morgan fingerprint density at radius 3 is 2.45 bits per heavy atom. The molecule has 1 aliphatic heterocycles. The molecule has 1 saturated heterocycles. The number of cyclic esters (lactones) is 1. The largest absolute Gasteiger partial charge is 0.438 e. The van der Waals surface area contributed by atoms with Gasteiger partial charge >= 0.3 is 6.09 Å². The van der Waals surface area contributed by atoms with E-state index in [1.54, 1.807) is 18.7 Å². The number of hydrogen-bond acceptors (Lipinski definition) is 6. The van der Waals surface area contributed by atoms with Crippen LogP contribution < -0.4 is 0 Å². The van der Waals surface area contributed by atoms with Crippen LogP contribution in [0.5, 0.6) is 0 Å². The highest BCUT2D eigenvalue weighted by Gasteiger charge is 2.46. The van der Waals surface area contributed by atoms with Crippen molar-refractivity contribution in [3.05, 3.63) is 72.1 Å². The van der Waals surface area contributed by atoms with Gasteiger partial charge in [0, 0.05) is 24.9 Å². The first kappa shape index (κ1) is 21.1. The molecule has 1 unspecified atom stereocenters. The summed E-state index contributed by atoms with van der Waals surface area (Å²) >= 11 is 0. The molecule has 3 aromatic rings. The highest BCUT2D eigenvalue weighted by Crippen LogP contribution is 2.42. The van der Waals surface area contributed by atoms with Gasteiger partial charge in [0.05, 0.1) is 11.6 Å². The average Bonchev–Trinajstić information content (AvgIpc) is 3.28. The van der Waals surface area contributed by atoms with Crippen LogP contribution in [-0.2, 0) is 10.3 Å². The van der Waals surface area contributed by atoms with Gasteiger partial charge in [0.2, 0.25) is 12.2 Å². The van der Waals surface area contributed by atoms with E-state index in [4.69, 9.17) is 9.26 Å². The van der Waals surface area contributed by atoms with Crippen LogP contribution in [-0.4, -0.2) is 38.4 Å². The summed E-state index contributed by atoms with van der Waals surface area (Å²) in [6, 6.07) is 17.3. The summed E-state index contributed by atoms with van der Waals surface area (Å²) in [7, 11) is 0. The van der Waals surface area contributed by atoms with Crippen molar-refractivity contribution in [3.8, 4) is 11.4 Å². The smallest absolute Gasteiger partial charge is 0.411 e. The minimum Gasteiger partial charge on any atom is -0.438 e. The number of carbonyl (C=O) groups excluding carboxylic acids is 1. The van der Waals surface area contributed by atoms with Crippen molar-refractivity contribution < 1.29 is 19.2 Å². The van der Waals surface area contributed by atoms with Crippen molar-refractivity contribution >= 4 is 6.09 Å². The Labute approximate surface area is 181 Å². The third-order valence-electron chi connectivity index (χ3n) is 5.77. The number of amides is 1. The molecule has 2 atom stereocenters. The van der Waals surface area contributed by atoms with Crippen molar-refractivity contribution in [1.82, 2.24) is 15.0 Å². The van der Waals surface area contributed by atoms with E-state index in [0.29, 0.717) is 25.2 Å². The Morgan fingerprint density at radius 1 is 1.16 bits per heavy atom. The second-order valence-corrected chi connectivity index (χ2v) is 8.71. The van der Waals surface area contributed by atoms with E-state index in [-0.39, 0.29) is 12.1 Å². The van der Waals surface area contributed by atoms with Gasteiger partial charge in [-0.15, -0.1) is 0 Å². The molecule has 1 amide bonds. The van der Waals surface area contributed by atoms with E-state index >= 15 is 0 Å². The third-order valence-corrected chi connectivity index (χ3v) is 5.77. The molecule has 0 bridgehead atoms. The van der Waals surface area contributed by atoms with E-state index in [0.717, 1.165) is 16.7 Å². The van der Waals surface area contributed by atoms with Crippen molar-refractivity contribution in [1.29, 1.82) is 0 Å². The van der Waals surface area contributed by atoms with Crippen LogP contribution in [0.3, 0.4) is 0 Å². The van der Waals surface area contributed by atoms with Crippen LogP contribution in [0.2, 0.25) is 0 Å². The Balaban J connectivity index is 1.54. The molecule has 7 nitrogen and oxygen atoms in total. The van der Waals surface area contributed by atoms with Gasteiger partial charge in [0.25, 0.3) is 0 Å². The molecular formula is C24H27N3O4. The Morgan fingerprint density at radius 2 is 1.87 bits per heavy atom. The van der Waals surface area contributed by atoms with E-state index < -0.39 is 11.2 Å². The lowest BCUT2D eigenvalue weighted by atomic mass is 9.80. The quantitative estimate of drug-likeness (QED) is 0.621. The maximum absolute atomic E-state index is 13.1. The third kappa shape index (κ3) is 4.46. The first-order valence-corrected chi connectivity index (χ1v) is 10.4. The van der Waals surface area contributed by atoms with E-state index in [1.165, 1.54) is 6.39 Å². The Kier molecular flexibility index (Phi) is 5.54. The predicted octanol–water partition coefficient (Wildman–Crippen LogP) is 4.70. The minimum absolute atomic E-state index is 0.164. The van der Waals surface area contributed by atoms with Crippen LogP contribution >= 0.6 is 0 Å². The summed E-state index contributed by atoms with van der Waals surface area (Å²) in [4.78, 5) is 18.9. The van der Waals surface area contributed by atoms with Crippen LogP contribution in [0.1, 0.15) is 50.8 Å². The minimum atomic E-state index is -0.977. The topological polar surface area (TPSA) is 88.7 Å². The molecule has 2 heterocycles. The molecule has 0 spiro atoms. The molecule has 0 aliphatic carbocycles. The summed E-state index contributed by atoms with van der Waals surface area (Å²) in [5.74, 6) is 0.524. The lowest BCUT2D eigenvalue weighted by Crippen LogP contribution is -2.51. The van der Waals surface area contributed by atoms with Gasteiger partial charge < -0.3 is 19.3 Å². The SMILES string of the molecule is C[C@@H](c1ccc(-c2ncon2)cc1)N1CCC(CC(C)(C)O)(c2ccccc2)OC1=O. The fourth-order valence-corrected chi connectivity index (χ4v) is 4.28. The zero-order valence-corrected chi connectivity index (χ0v) is 18.0. The molecule has 0 saturated carbocycles. The highest BCUT2D eigenvalue weighted by atomic mass is 16.6. The van der Waals surface area contributed by atoms with Crippen molar-refractivity contribution in [2.75, 3.05) is 6.54 Å². The molecule has 1 aromatic heterocycles. The molecule has 1 N–H and O–H groups in total. The zero-order chi connectivity index (χ0) is 22.1. The second-order valence-electron chi connectivity index (χ2n) is 8.71. The van der Waals surface area contributed by atoms with Gasteiger partial charge in [-0.25, -0.2) is 4.79 Å². The monoisotopic (exact) mass is 421 g/mol. The number of ether oxygens (including phenoxy) is 1. The Hall–Kier alpha value is -3.19. The number of nitrogens with zero attached hydrogens (tertiary/aromatic N) is 3. The van der Waals surface area contributed by atoms with Gasteiger partial charge in [-0.05, 0) is 31.9 Å². The highest BCUT2D eigenvalue weighted by molar-refractivity contribution is 5.70. The van der Waals surface area contributed by atoms with Crippen molar-refractivity contribution in [3.63, 3.8) is 0 Å². The summed E-state index contributed by atoms with van der Waals surface area (Å²) < 4.78 is 10.9. The maximum Gasteiger partial charge on any atom is 0.411 e. The fraction of sp³-hybridized carbons (Fsp3) is 0.375. The van der Waals surface area contributed by atoms with E-state index in [9.17, 15) is 9.90 Å². The molecule has 7 heteroatoms. The zero-order valence-electron chi connectivity index (χ0n) is 18.0. The average molecular weight is 421 g/mol. The number of aromatic nitrogens is 2. The van der Waals surface area contributed by atoms with E-state index in [2.05, 4.69) is 10.1 Å². The van der Waals surface area contributed by atoms with Crippen molar-refractivity contribution in [2.24, 2.45) is 0 Å².